The first kappa shape index (κ1) is 25.4. The summed E-state index contributed by atoms with van der Waals surface area (Å²) in [7, 11) is 4.02. The molecular formula is C33H36N2O2. The van der Waals surface area contributed by atoms with Crippen molar-refractivity contribution in [3.05, 3.63) is 144 Å². The van der Waals surface area contributed by atoms with Gasteiger partial charge in [-0.3, -0.25) is 0 Å². The van der Waals surface area contributed by atoms with Crippen LogP contribution in [0.5, 0.6) is 0 Å². The summed E-state index contributed by atoms with van der Waals surface area (Å²) < 4.78 is 13.9. The van der Waals surface area contributed by atoms with Crippen molar-refractivity contribution in [1.29, 1.82) is 0 Å². The minimum absolute atomic E-state index is 0.398. The molecule has 190 valence electrons. The van der Waals surface area contributed by atoms with E-state index in [0.29, 0.717) is 0 Å². The number of hydrogen-bond donors (Lipinski definition) is 2. The van der Waals surface area contributed by atoms with Crippen LogP contribution in [-0.2, 0) is 20.6 Å². The van der Waals surface area contributed by atoms with E-state index in [4.69, 9.17) is 9.47 Å². The molecule has 4 aromatic carbocycles. The van der Waals surface area contributed by atoms with Gasteiger partial charge in [0, 0.05) is 0 Å². The molecule has 0 unspecified atom stereocenters. The summed E-state index contributed by atoms with van der Waals surface area (Å²) in [4.78, 5) is 0. The molecule has 0 bridgehead atoms. The third-order valence-electron chi connectivity index (χ3n) is 7.66. The largest absolute Gasteiger partial charge is 0.342 e. The van der Waals surface area contributed by atoms with Gasteiger partial charge >= 0.3 is 0 Å². The van der Waals surface area contributed by atoms with E-state index in [1.54, 1.807) is 0 Å². The Morgan fingerprint density at radius 2 is 0.730 bits per heavy atom. The van der Waals surface area contributed by atoms with E-state index < -0.39 is 29.1 Å². The Kier molecular flexibility index (Phi) is 7.02. The second kappa shape index (κ2) is 10.2. The minimum atomic E-state index is -0.813. The van der Waals surface area contributed by atoms with Gasteiger partial charge in [0.05, 0.1) is 11.1 Å². The zero-order chi connectivity index (χ0) is 25.9. The summed E-state index contributed by atoms with van der Waals surface area (Å²) in [5.74, 6) is -0.813. The fraction of sp³-hybridized carbons (Fsp3) is 0.273. The van der Waals surface area contributed by atoms with Crippen molar-refractivity contribution < 1.29 is 9.47 Å². The fourth-order valence-corrected chi connectivity index (χ4v) is 6.05. The zero-order valence-electron chi connectivity index (χ0n) is 22.0. The molecule has 1 aliphatic rings. The fourth-order valence-electron chi connectivity index (χ4n) is 6.05. The molecule has 4 heteroatoms. The zero-order valence-corrected chi connectivity index (χ0v) is 22.0. The van der Waals surface area contributed by atoms with Gasteiger partial charge in [0.15, 0.2) is 5.79 Å². The number of hydrogen-bond acceptors (Lipinski definition) is 4. The average molecular weight is 493 g/mol. The van der Waals surface area contributed by atoms with Crippen LogP contribution >= 0.6 is 0 Å². The second-order valence-corrected chi connectivity index (χ2v) is 10.1. The predicted octanol–water partition coefficient (Wildman–Crippen LogP) is 5.83. The smallest absolute Gasteiger partial charge is 0.164 e. The number of nitrogens with one attached hydrogen (secondary N) is 2. The Hall–Kier alpha value is -3.28. The topological polar surface area (TPSA) is 42.5 Å². The highest BCUT2D eigenvalue weighted by atomic mass is 16.8. The molecule has 0 spiro atoms. The van der Waals surface area contributed by atoms with Crippen LogP contribution in [0.15, 0.2) is 121 Å². The van der Waals surface area contributed by atoms with Crippen molar-refractivity contribution in [2.45, 2.75) is 42.9 Å². The molecule has 2 N–H and O–H groups in total. The highest BCUT2D eigenvalue weighted by Crippen LogP contribution is 2.50. The summed E-state index contributed by atoms with van der Waals surface area (Å²) in [5, 5.41) is 7.45. The summed E-state index contributed by atoms with van der Waals surface area (Å²) >= 11 is 0. The van der Waals surface area contributed by atoms with Crippen molar-refractivity contribution in [2.75, 3.05) is 14.1 Å². The number of benzene rings is 4. The summed E-state index contributed by atoms with van der Waals surface area (Å²) in [5.41, 5.74) is 3.09. The molecule has 0 aliphatic carbocycles. The molecule has 2 atom stereocenters. The maximum absolute atomic E-state index is 6.95. The molecule has 1 saturated heterocycles. The Labute approximate surface area is 220 Å². The molecule has 4 nitrogen and oxygen atoms in total. The summed E-state index contributed by atoms with van der Waals surface area (Å²) in [6.07, 6.45) is -0.796. The lowest BCUT2D eigenvalue weighted by Crippen LogP contribution is -2.63. The molecule has 0 aromatic heterocycles. The van der Waals surface area contributed by atoms with Crippen LogP contribution in [0.25, 0.3) is 0 Å². The molecule has 37 heavy (non-hydrogen) atoms. The Morgan fingerprint density at radius 1 is 0.486 bits per heavy atom. The standard InChI is InChI=1S/C33H36N2O2/c1-31(2)36-29(32(34-3,25-17-9-5-10-18-25)26-19-11-6-12-20-26)30(37-31)33(35-4,27-21-13-7-14-22-27)28-23-15-8-16-24-28/h5-24,29-30,34-35H,1-4H3/t29-,30-/m0/s1. The third-order valence-corrected chi connectivity index (χ3v) is 7.66. The van der Waals surface area contributed by atoms with Gasteiger partial charge in [0.1, 0.15) is 12.2 Å². The van der Waals surface area contributed by atoms with E-state index in [9.17, 15) is 0 Å². The normalized spacial score (nSPS) is 19.6. The van der Waals surface area contributed by atoms with Gasteiger partial charge in [-0.05, 0) is 50.2 Å². The molecule has 0 radical (unpaired) electrons. The van der Waals surface area contributed by atoms with Crippen molar-refractivity contribution in [3.8, 4) is 0 Å². The van der Waals surface area contributed by atoms with Crippen LogP contribution in [0.2, 0.25) is 0 Å². The van der Waals surface area contributed by atoms with Gasteiger partial charge < -0.3 is 20.1 Å². The molecule has 1 heterocycles. The maximum Gasteiger partial charge on any atom is 0.164 e. The van der Waals surface area contributed by atoms with Gasteiger partial charge in [0.2, 0.25) is 0 Å². The number of rotatable bonds is 8. The van der Waals surface area contributed by atoms with Crippen molar-refractivity contribution in [2.24, 2.45) is 0 Å². The van der Waals surface area contributed by atoms with Gasteiger partial charge in [-0.25, -0.2) is 0 Å². The Bertz CT molecular complexity index is 1100. The molecule has 5 rings (SSSR count). The maximum atomic E-state index is 6.95. The minimum Gasteiger partial charge on any atom is -0.342 e. The van der Waals surface area contributed by atoms with Gasteiger partial charge in [-0.2, -0.15) is 0 Å². The van der Waals surface area contributed by atoms with Gasteiger partial charge in [0.25, 0.3) is 0 Å². The van der Waals surface area contributed by atoms with Crippen LogP contribution < -0.4 is 10.6 Å². The Balaban J connectivity index is 1.81. The molecule has 1 fully saturated rings. The van der Waals surface area contributed by atoms with Crippen LogP contribution in [-0.4, -0.2) is 32.1 Å². The monoisotopic (exact) mass is 492 g/mol. The van der Waals surface area contributed by atoms with Gasteiger partial charge in [-0.15, -0.1) is 0 Å². The van der Waals surface area contributed by atoms with Gasteiger partial charge in [-0.1, -0.05) is 121 Å². The molecule has 1 aliphatic heterocycles. The second-order valence-electron chi connectivity index (χ2n) is 10.1. The lowest BCUT2D eigenvalue weighted by atomic mass is 9.68. The quantitative estimate of drug-likeness (QED) is 0.325. The highest BCUT2D eigenvalue weighted by molar-refractivity contribution is 5.46. The highest BCUT2D eigenvalue weighted by Gasteiger charge is 2.61. The van der Waals surface area contributed by atoms with Crippen LogP contribution in [0.3, 0.4) is 0 Å². The first-order chi connectivity index (χ1) is 18.0. The van der Waals surface area contributed by atoms with E-state index in [1.807, 2.05) is 52.2 Å². The van der Waals surface area contributed by atoms with Crippen molar-refractivity contribution >= 4 is 0 Å². The van der Waals surface area contributed by atoms with Crippen molar-refractivity contribution in [1.82, 2.24) is 10.6 Å². The first-order valence-corrected chi connectivity index (χ1v) is 12.9. The summed E-state index contributed by atoms with van der Waals surface area (Å²) in [6.45, 7) is 4.01. The van der Waals surface area contributed by atoms with Crippen LogP contribution in [0.4, 0.5) is 0 Å². The lowest BCUT2D eigenvalue weighted by molar-refractivity contribution is -0.156. The first-order valence-electron chi connectivity index (χ1n) is 12.9. The Morgan fingerprint density at radius 3 is 0.946 bits per heavy atom. The van der Waals surface area contributed by atoms with E-state index in [2.05, 4.69) is 108 Å². The van der Waals surface area contributed by atoms with E-state index in [0.717, 1.165) is 22.3 Å². The number of ether oxygens (including phenoxy) is 2. The lowest BCUT2D eigenvalue weighted by Gasteiger charge is -2.47. The molecule has 4 aromatic rings. The molecular weight excluding hydrogens is 456 g/mol. The molecule has 0 amide bonds. The predicted molar refractivity (Wildman–Crippen MR) is 149 cm³/mol. The number of likely N-dealkylation sites (N-methyl/N-ethyl adjacent to an activating group) is 2. The third kappa shape index (κ3) is 4.30. The average Bonchev–Trinajstić information content (AvgIpc) is 3.28. The molecule has 0 saturated carbocycles. The van der Waals surface area contributed by atoms with Crippen LogP contribution in [0, 0.1) is 0 Å². The van der Waals surface area contributed by atoms with Crippen LogP contribution in [0.1, 0.15) is 36.1 Å². The summed E-state index contributed by atoms with van der Waals surface area (Å²) in [6, 6.07) is 42.2. The van der Waals surface area contributed by atoms with E-state index in [1.165, 1.54) is 0 Å². The van der Waals surface area contributed by atoms with Crippen molar-refractivity contribution in [3.63, 3.8) is 0 Å². The van der Waals surface area contributed by atoms with E-state index in [-0.39, 0.29) is 0 Å². The van der Waals surface area contributed by atoms with E-state index >= 15 is 0 Å². The SMILES string of the molecule is CNC(c1ccccc1)(c1ccccc1)[C@H]1OC(C)(C)O[C@@H]1C(NC)(c1ccccc1)c1ccccc1.